The van der Waals surface area contributed by atoms with E-state index in [1.54, 1.807) is 42.5 Å². The van der Waals surface area contributed by atoms with E-state index in [0.717, 1.165) is 11.3 Å². The van der Waals surface area contributed by atoms with Gasteiger partial charge in [-0.15, -0.1) is 0 Å². The highest BCUT2D eigenvalue weighted by Crippen LogP contribution is 2.17. The van der Waals surface area contributed by atoms with Gasteiger partial charge in [0.05, 0.1) is 6.21 Å². The minimum atomic E-state index is -0.308. The fourth-order valence-corrected chi connectivity index (χ4v) is 2.58. The number of hydrogen-bond donors (Lipinski definition) is 2. The molecule has 29 heavy (non-hydrogen) atoms. The van der Waals surface area contributed by atoms with Gasteiger partial charge in [0.1, 0.15) is 5.75 Å². The number of ether oxygens (including phenoxy) is 1. The standard InChI is InChI=1S/C23H21N3O3/c1-17-9-5-7-13-20(17)25-22(27)16-29-21-14-8-6-12-19(21)15-24-26-23(28)18-10-3-2-4-11-18/h2-15H,16H2,1H3,(H,25,27)(H,26,28)/b24-15+. The van der Waals surface area contributed by atoms with Gasteiger partial charge in [0.25, 0.3) is 11.8 Å². The monoisotopic (exact) mass is 387 g/mol. The molecule has 0 aliphatic carbocycles. The number of nitrogens with one attached hydrogen (secondary N) is 2. The molecule has 146 valence electrons. The number of carbonyl (C=O) groups excluding carboxylic acids is 2. The van der Waals surface area contributed by atoms with Crippen molar-refractivity contribution in [3.63, 3.8) is 0 Å². The number of benzene rings is 3. The Morgan fingerprint density at radius 2 is 1.62 bits per heavy atom. The van der Waals surface area contributed by atoms with Crippen LogP contribution < -0.4 is 15.5 Å². The highest BCUT2D eigenvalue weighted by Gasteiger charge is 2.08. The number of anilines is 1. The predicted molar refractivity (Wildman–Crippen MR) is 113 cm³/mol. The maximum Gasteiger partial charge on any atom is 0.271 e. The van der Waals surface area contributed by atoms with Crippen molar-refractivity contribution in [2.75, 3.05) is 11.9 Å². The van der Waals surface area contributed by atoms with E-state index in [1.807, 2.05) is 43.3 Å². The second-order valence-corrected chi connectivity index (χ2v) is 6.25. The molecule has 3 aromatic rings. The first-order valence-electron chi connectivity index (χ1n) is 9.09. The number of rotatable bonds is 7. The quantitative estimate of drug-likeness (QED) is 0.478. The van der Waals surface area contributed by atoms with Crippen molar-refractivity contribution in [1.82, 2.24) is 5.43 Å². The van der Waals surface area contributed by atoms with Crippen molar-refractivity contribution >= 4 is 23.7 Å². The number of carbonyl (C=O) groups is 2. The molecule has 0 aliphatic rings. The van der Waals surface area contributed by atoms with Crippen LogP contribution in [0.1, 0.15) is 21.5 Å². The van der Waals surface area contributed by atoms with Crippen LogP contribution in [-0.2, 0) is 4.79 Å². The van der Waals surface area contributed by atoms with Gasteiger partial charge in [-0.25, -0.2) is 5.43 Å². The summed E-state index contributed by atoms with van der Waals surface area (Å²) >= 11 is 0. The highest BCUT2D eigenvalue weighted by atomic mass is 16.5. The molecular weight excluding hydrogens is 366 g/mol. The first-order valence-corrected chi connectivity index (χ1v) is 9.09. The van der Waals surface area contributed by atoms with E-state index in [0.29, 0.717) is 16.9 Å². The molecule has 0 fully saturated rings. The van der Waals surface area contributed by atoms with Gasteiger partial charge in [0.2, 0.25) is 0 Å². The van der Waals surface area contributed by atoms with Gasteiger partial charge >= 0.3 is 0 Å². The molecule has 0 bridgehead atoms. The lowest BCUT2D eigenvalue weighted by Gasteiger charge is -2.11. The second-order valence-electron chi connectivity index (χ2n) is 6.25. The molecule has 0 aliphatic heterocycles. The summed E-state index contributed by atoms with van der Waals surface area (Å²) < 4.78 is 5.64. The molecule has 0 spiro atoms. The maximum atomic E-state index is 12.2. The van der Waals surface area contributed by atoms with E-state index in [9.17, 15) is 9.59 Å². The number of aryl methyl sites for hydroxylation is 1. The molecule has 0 saturated carbocycles. The van der Waals surface area contributed by atoms with Crippen molar-refractivity contribution in [3.05, 3.63) is 95.6 Å². The summed E-state index contributed by atoms with van der Waals surface area (Å²) in [6.07, 6.45) is 1.48. The molecule has 3 rings (SSSR count). The zero-order valence-electron chi connectivity index (χ0n) is 16.0. The molecule has 0 aromatic heterocycles. The van der Waals surface area contributed by atoms with Crippen LogP contribution in [0, 0.1) is 6.92 Å². The van der Waals surface area contributed by atoms with Gasteiger partial charge in [-0.3, -0.25) is 9.59 Å². The Labute approximate surface area is 169 Å². The number of nitrogens with zero attached hydrogens (tertiary/aromatic N) is 1. The molecular formula is C23H21N3O3. The highest BCUT2D eigenvalue weighted by molar-refractivity contribution is 5.95. The van der Waals surface area contributed by atoms with Gasteiger partial charge in [0, 0.05) is 16.8 Å². The van der Waals surface area contributed by atoms with Crippen LogP contribution in [0.4, 0.5) is 5.69 Å². The molecule has 0 radical (unpaired) electrons. The smallest absolute Gasteiger partial charge is 0.271 e. The van der Waals surface area contributed by atoms with Crippen molar-refractivity contribution in [3.8, 4) is 5.75 Å². The topological polar surface area (TPSA) is 79.8 Å². The third-order valence-corrected chi connectivity index (χ3v) is 4.10. The molecule has 2 amide bonds. The summed E-state index contributed by atoms with van der Waals surface area (Å²) in [5, 5.41) is 6.80. The lowest BCUT2D eigenvalue weighted by atomic mass is 10.2. The molecule has 0 saturated heterocycles. The molecule has 2 N–H and O–H groups in total. The Bertz CT molecular complexity index is 1020. The Kier molecular flexibility index (Phi) is 6.73. The Morgan fingerprint density at radius 3 is 2.41 bits per heavy atom. The SMILES string of the molecule is Cc1ccccc1NC(=O)COc1ccccc1/C=N/NC(=O)c1ccccc1. The van der Waals surface area contributed by atoms with Crippen molar-refractivity contribution < 1.29 is 14.3 Å². The van der Waals surface area contributed by atoms with Crippen molar-refractivity contribution in [1.29, 1.82) is 0 Å². The summed E-state index contributed by atoms with van der Waals surface area (Å²) in [6, 6.07) is 23.5. The number of para-hydroxylation sites is 2. The average molecular weight is 387 g/mol. The first kappa shape index (κ1) is 19.8. The van der Waals surface area contributed by atoms with Crippen LogP contribution in [0.5, 0.6) is 5.75 Å². The lowest BCUT2D eigenvalue weighted by molar-refractivity contribution is -0.118. The molecule has 6 heteroatoms. The third-order valence-electron chi connectivity index (χ3n) is 4.10. The molecule has 3 aromatic carbocycles. The lowest BCUT2D eigenvalue weighted by Crippen LogP contribution is -2.21. The summed E-state index contributed by atoms with van der Waals surface area (Å²) in [4.78, 5) is 24.2. The molecule has 0 atom stereocenters. The number of amides is 2. The minimum absolute atomic E-state index is 0.143. The van der Waals surface area contributed by atoms with Crippen molar-refractivity contribution in [2.24, 2.45) is 5.10 Å². The van der Waals surface area contributed by atoms with Gasteiger partial charge < -0.3 is 10.1 Å². The Hall–Kier alpha value is -3.93. The summed E-state index contributed by atoms with van der Waals surface area (Å²) in [5.74, 6) is -0.0774. The van der Waals surface area contributed by atoms with E-state index < -0.39 is 0 Å². The fraction of sp³-hybridized carbons (Fsp3) is 0.0870. The fourth-order valence-electron chi connectivity index (χ4n) is 2.58. The Balaban J connectivity index is 1.58. The van der Waals surface area contributed by atoms with Crippen LogP contribution in [-0.4, -0.2) is 24.6 Å². The van der Waals surface area contributed by atoms with Gasteiger partial charge in [0.15, 0.2) is 6.61 Å². The van der Waals surface area contributed by atoms with E-state index >= 15 is 0 Å². The van der Waals surface area contributed by atoms with E-state index in [1.165, 1.54) is 6.21 Å². The van der Waals surface area contributed by atoms with Gasteiger partial charge in [-0.1, -0.05) is 48.5 Å². The maximum absolute atomic E-state index is 12.2. The molecule has 0 unspecified atom stereocenters. The second kappa shape index (κ2) is 9.85. The van der Waals surface area contributed by atoms with E-state index in [4.69, 9.17) is 4.74 Å². The Morgan fingerprint density at radius 1 is 0.931 bits per heavy atom. The summed E-state index contributed by atoms with van der Waals surface area (Å²) in [6.45, 7) is 1.78. The van der Waals surface area contributed by atoms with Crippen LogP contribution in [0.3, 0.4) is 0 Å². The summed E-state index contributed by atoms with van der Waals surface area (Å²) in [7, 11) is 0. The summed E-state index contributed by atoms with van der Waals surface area (Å²) in [5.41, 5.74) is 5.36. The zero-order valence-corrected chi connectivity index (χ0v) is 16.0. The van der Waals surface area contributed by atoms with Crippen LogP contribution in [0.2, 0.25) is 0 Å². The zero-order chi connectivity index (χ0) is 20.5. The minimum Gasteiger partial charge on any atom is -0.483 e. The predicted octanol–water partition coefficient (Wildman–Crippen LogP) is 3.78. The van der Waals surface area contributed by atoms with E-state index in [-0.39, 0.29) is 18.4 Å². The molecule has 6 nitrogen and oxygen atoms in total. The number of hydrogen-bond acceptors (Lipinski definition) is 4. The first-order chi connectivity index (χ1) is 14.1. The van der Waals surface area contributed by atoms with Gasteiger partial charge in [-0.2, -0.15) is 5.10 Å². The third kappa shape index (κ3) is 5.77. The van der Waals surface area contributed by atoms with Crippen molar-refractivity contribution in [2.45, 2.75) is 6.92 Å². The van der Waals surface area contributed by atoms with E-state index in [2.05, 4.69) is 15.8 Å². The van der Waals surface area contributed by atoms with Crippen LogP contribution in [0.15, 0.2) is 84.0 Å². The van der Waals surface area contributed by atoms with Crippen LogP contribution >= 0.6 is 0 Å². The normalized spacial score (nSPS) is 10.5. The largest absolute Gasteiger partial charge is 0.483 e. The van der Waals surface area contributed by atoms with Crippen LogP contribution in [0.25, 0.3) is 0 Å². The number of hydrazone groups is 1. The average Bonchev–Trinajstić information content (AvgIpc) is 2.75. The van der Waals surface area contributed by atoms with Gasteiger partial charge in [-0.05, 0) is 42.8 Å². The molecule has 0 heterocycles.